The number of nitrogens with zero attached hydrogens (tertiary/aromatic N) is 1. The number of hydrogen-bond donors (Lipinski definition) is 2. The van der Waals surface area contributed by atoms with Gasteiger partial charge in [0.1, 0.15) is 6.10 Å². The van der Waals surface area contributed by atoms with Crippen LogP contribution in [-0.2, 0) is 0 Å². The van der Waals surface area contributed by atoms with Crippen LogP contribution in [0.3, 0.4) is 0 Å². The van der Waals surface area contributed by atoms with Crippen molar-refractivity contribution in [2.45, 2.75) is 26.1 Å². The van der Waals surface area contributed by atoms with Crippen LogP contribution in [0.2, 0.25) is 0 Å². The quantitative estimate of drug-likeness (QED) is 0.787. The summed E-state index contributed by atoms with van der Waals surface area (Å²) in [7, 11) is 1.53. The highest BCUT2D eigenvalue weighted by Gasteiger charge is 2.26. The highest BCUT2D eigenvalue weighted by Crippen LogP contribution is 2.43. The Hall–Kier alpha value is -1.50. The molecule has 2 atom stereocenters. The van der Waals surface area contributed by atoms with Crippen molar-refractivity contribution in [2.75, 3.05) is 33.5 Å². The molecule has 0 bridgehead atoms. The molecule has 2 N–H and O–H groups in total. The predicted molar refractivity (Wildman–Crippen MR) is 77.9 cm³/mol. The Morgan fingerprint density at radius 2 is 1.95 bits per heavy atom. The molecule has 1 aliphatic rings. The zero-order valence-corrected chi connectivity index (χ0v) is 12.7. The van der Waals surface area contributed by atoms with E-state index in [1.807, 2.05) is 13.8 Å². The molecular weight excluding hydrogens is 274 g/mol. The van der Waals surface area contributed by atoms with Crippen molar-refractivity contribution in [1.82, 2.24) is 4.90 Å². The van der Waals surface area contributed by atoms with Gasteiger partial charge in [0.05, 0.1) is 13.2 Å². The van der Waals surface area contributed by atoms with Crippen molar-refractivity contribution < 1.29 is 24.4 Å². The van der Waals surface area contributed by atoms with E-state index in [1.165, 1.54) is 7.11 Å². The molecule has 1 aliphatic heterocycles. The zero-order chi connectivity index (χ0) is 15.4. The van der Waals surface area contributed by atoms with E-state index >= 15 is 0 Å². The molecule has 1 aromatic carbocycles. The lowest BCUT2D eigenvalue weighted by Crippen LogP contribution is -2.35. The van der Waals surface area contributed by atoms with E-state index in [0.717, 1.165) is 13.1 Å². The second-order valence-corrected chi connectivity index (χ2v) is 4.95. The smallest absolute Gasteiger partial charge is 0.231 e. The molecule has 0 radical (unpaired) electrons. The minimum Gasteiger partial charge on any atom is -0.493 e. The van der Waals surface area contributed by atoms with Crippen molar-refractivity contribution in [2.24, 2.45) is 0 Å². The summed E-state index contributed by atoms with van der Waals surface area (Å²) in [6.45, 7) is 6.23. The molecule has 0 saturated carbocycles. The Balaban J connectivity index is 2.17. The van der Waals surface area contributed by atoms with Gasteiger partial charge in [0.25, 0.3) is 0 Å². The molecule has 2 rings (SSSR count). The normalized spacial score (nSPS) is 16.1. The maximum Gasteiger partial charge on any atom is 0.231 e. The van der Waals surface area contributed by atoms with Crippen molar-refractivity contribution in [3.05, 3.63) is 17.7 Å². The standard InChI is InChI=1S/C15H23NO5/c1-4-16(5-2)8-11(17)14(18)10-6-12(19-3)15-13(7-10)20-9-21-15/h6-7,11,14,17-18H,4-5,8-9H2,1-3H3/t11-,14+/m0/s1. The third-order valence-electron chi connectivity index (χ3n) is 3.73. The number of ether oxygens (including phenoxy) is 3. The minimum atomic E-state index is -1.01. The fraction of sp³-hybridized carbons (Fsp3) is 0.600. The highest BCUT2D eigenvalue weighted by atomic mass is 16.7. The number of methoxy groups -OCH3 is 1. The second kappa shape index (κ2) is 6.98. The van der Waals surface area contributed by atoms with Crippen LogP contribution in [0.5, 0.6) is 17.2 Å². The van der Waals surface area contributed by atoms with Crippen LogP contribution in [0.1, 0.15) is 25.5 Å². The van der Waals surface area contributed by atoms with Gasteiger partial charge in [-0.2, -0.15) is 0 Å². The third kappa shape index (κ3) is 3.40. The second-order valence-electron chi connectivity index (χ2n) is 4.95. The van der Waals surface area contributed by atoms with E-state index in [4.69, 9.17) is 14.2 Å². The molecule has 6 heteroatoms. The van der Waals surface area contributed by atoms with Crippen molar-refractivity contribution in [3.8, 4) is 17.2 Å². The number of benzene rings is 1. The molecule has 21 heavy (non-hydrogen) atoms. The summed E-state index contributed by atoms with van der Waals surface area (Å²) < 4.78 is 15.9. The highest BCUT2D eigenvalue weighted by molar-refractivity contribution is 5.55. The average molecular weight is 297 g/mol. The predicted octanol–water partition coefficient (Wildman–Crippen LogP) is 1.16. The van der Waals surface area contributed by atoms with Crippen LogP contribution in [0.15, 0.2) is 12.1 Å². The Labute approximate surface area is 124 Å². The maximum absolute atomic E-state index is 10.4. The number of rotatable bonds is 7. The molecular formula is C15H23NO5. The first-order valence-electron chi connectivity index (χ1n) is 7.16. The molecule has 1 aromatic rings. The first-order chi connectivity index (χ1) is 10.1. The summed E-state index contributed by atoms with van der Waals surface area (Å²) >= 11 is 0. The first kappa shape index (κ1) is 15.9. The van der Waals surface area contributed by atoms with E-state index < -0.39 is 12.2 Å². The molecule has 6 nitrogen and oxygen atoms in total. The van der Waals surface area contributed by atoms with Crippen LogP contribution in [0.4, 0.5) is 0 Å². The van der Waals surface area contributed by atoms with Crippen molar-refractivity contribution >= 4 is 0 Å². The van der Waals surface area contributed by atoms with E-state index in [2.05, 4.69) is 4.90 Å². The molecule has 0 unspecified atom stereocenters. The number of aliphatic hydroxyl groups excluding tert-OH is 2. The van der Waals surface area contributed by atoms with Crippen LogP contribution >= 0.6 is 0 Å². The Morgan fingerprint density at radius 3 is 2.57 bits per heavy atom. The monoisotopic (exact) mass is 297 g/mol. The summed E-state index contributed by atoms with van der Waals surface area (Å²) in [5.74, 6) is 1.55. The molecule has 0 fully saturated rings. The van der Waals surface area contributed by atoms with Crippen LogP contribution < -0.4 is 14.2 Å². The van der Waals surface area contributed by atoms with E-state index in [0.29, 0.717) is 29.4 Å². The fourth-order valence-electron chi connectivity index (χ4n) is 2.39. The maximum atomic E-state index is 10.4. The summed E-state index contributed by atoms with van der Waals surface area (Å²) in [6.07, 6.45) is -1.89. The lowest BCUT2D eigenvalue weighted by Gasteiger charge is -2.25. The molecule has 0 spiro atoms. The number of hydrogen-bond acceptors (Lipinski definition) is 6. The molecule has 0 aromatic heterocycles. The lowest BCUT2D eigenvalue weighted by molar-refractivity contribution is -0.00210. The lowest BCUT2D eigenvalue weighted by atomic mass is 10.0. The summed E-state index contributed by atoms with van der Waals surface area (Å²) in [4.78, 5) is 2.05. The zero-order valence-electron chi connectivity index (χ0n) is 12.7. The van der Waals surface area contributed by atoms with Crippen molar-refractivity contribution in [3.63, 3.8) is 0 Å². The minimum absolute atomic E-state index is 0.132. The van der Waals surface area contributed by atoms with Gasteiger partial charge in [-0.15, -0.1) is 0 Å². The van der Waals surface area contributed by atoms with E-state index in [1.54, 1.807) is 12.1 Å². The van der Waals surface area contributed by atoms with Gasteiger partial charge in [0, 0.05) is 6.54 Å². The van der Waals surface area contributed by atoms with Gasteiger partial charge in [0.15, 0.2) is 11.5 Å². The number of aliphatic hydroxyl groups is 2. The largest absolute Gasteiger partial charge is 0.493 e. The Morgan fingerprint density at radius 1 is 1.24 bits per heavy atom. The van der Waals surface area contributed by atoms with Crippen LogP contribution in [0, 0.1) is 0 Å². The molecule has 118 valence electrons. The fourth-order valence-corrected chi connectivity index (χ4v) is 2.39. The Kier molecular flexibility index (Phi) is 5.27. The average Bonchev–Trinajstić information content (AvgIpc) is 2.98. The first-order valence-corrected chi connectivity index (χ1v) is 7.16. The van der Waals surface area contributed by atoms with Gasteiger partial charge in [0.2, 0.25) is 12.5 Å². The number of likely N-dealkylation sites (N-methyl/N-ethyl adjacent to an activating group) is 1. The topological polar surface area (TPSA) is 71.4 Å². The molecule has 0 saturated heterocycles. The summed E-state index contributed by atoms with van der Waals surface area (Å²) in [5, 5.41) is 20.6. The van der Waals surface area contributed by atoms with E-state index in [-0.39, 0.29) is 6.79 Å². The van der Waals surface area contributed by atoms with Gasteiger partial charge in [-0.1, -0.05) is 13.8 Å². The van der Waals surface area contributed by atoms with Gasteiger partial charge in [-0.3, -0.25) is 0 Å². The molecule has 0 aliphatic carbocycles. The summed E-state index contributed by atoms with van der Waals surface area (Å²) in [6, 6.07) is 3.35. The van der Waals surface area contributed by atoms with Crippen LogP contribution in [0.25, 0.3) is 0 Å². The van der Waals surface area contributed by atoms with Gasteiger partial charge >= 0.3 is 0 Å². The molecule has 1 heterocycles. The number of fused-ring (bicyclic) bond motifs is 1. The van der Waals surface area contributed by atoms with Crippen molar-refractivity contribution in [1.29, 1.82) is 0 Å². The van der Waals surface area contributed by atoms with Crippen LogP contribution in [-0.4, -0.2) is 54.8 Å². The van der Waals surface area contributed by atoms with Gasteiger partial charge in [-0.05, 0) is 30.8 Å². The summed E-state index contributed by atoms with van der Waals surface area (Å²) in [5.41, 5.74) is 0.552. The Bertz CT molecular complexity index is 475. The van der Waals surface area contributed by atoms with Gasteiger partial charge < -0.3 is 29.3 Å². The third-order valence-corrected chi connectivity index (χ3v) is 3.73. The van der Waals surface area contributed by atoms with Gasteiger partial charge in [-0.25, -0.2) is 0 Å². The SMILES string of the molecule is CCN(CC)C[C@H](O)[C@H](O)c1cc(OC)c2c(c1)OCO2. The van der Waals surface area contributed by atoms with E-state index in [9.17, 15) is 10.2 Å². The molecule has 0 amide bonds.